The summed E-state index contributed by atoms with van der Waals surface area (Å²) in [5, 5.41) is 0. The lowest BCUT2D eigenvalue weighted by molar-refractivity contribution is 0.0151. The lowest BCUT2D eigenvalue weighted by Gasteiger charge is -2.47. The SMILES string of the molecule is CC1CN2CCCCC2CN1CCC(=O)c1ccccc1. The van der Waals surface area contributed by atoms with Gasteiger partial charge in [0.1, 0.15) is 0 Å². The number of fused-ring (bicyclic) bond motifs is 1. The van der Waals surface area contributed by atoms with Crippen molar-refractivity contribution in [2.45, 2.75) is 44.7 Å². The maximum atomic E-state index is 12.2. The predicted molar refractivity (Wildman–Crippen MR) is 85.6 cm³/mol. The number of carbonyl (C=O) groups is 1. The molecule has 0 radical (unpaired) electrons. The molecule has 2 aliphatic heterocycles. The van der Waals surface area contributed by atoms with E-state index in [0.29, 0.717) is 12.5 Å². The van der Waals surface area contributed by atoms with Crippen LogP contribution in [0.3, 0.4) is 0 Å². The average Bonchev–Trinajstić information content (AvgIpc) is 2.53. The molecular formula is C18H26N2O. The van der Waals surface area contributed by atoms with Gasteiger partial charge in [-0.2, -0.15) is 0 Å². The molecular weight excluding hydrogens is 260 g/mol. The van der Waals surface area contributed by atoms with Crippen LogP contribution in [0.25, 0.3) is 0 Å². The molecule has 1 aromatic carbocycles. The Kier molecular flexibility index (Phi) is 4.71. The third-order valence-electron chi connectivity index (χ3n) is 5.04. The van der Waals surface area contributed by atoms with Gasteiger partial charge in [0.05, 0.1) is 0 Å². The molecule has 2 aliphatic rings. The van der Waals surface area contributed by atoms with Gasteiger partial charge in [0, 0.05) is 43.7 Å². The minimum absolute atomic E-state index is 0.272. The standard InChI is InChI=1S/C18H26N2O/c1-15-13-20-11-6-5-9-17(20)14-19(15)12-10-18(21)16-7-3-2-4-8-16/h2-4,7-8,15,17H,5-6,9-14H2,1H3. The molecule has 0 spiro atoms. The van der Waals surface area contributed by atoms with Gasteiger partial charge in [0.2, 0.25) is 0 Å². The highest BCUT2D eigenvalue weighted by Crippen LogP contribution is 2.24. The van der Waals surface area contributed by atoms with Gasteiger partial charge in [-0.1, -0.05) is 36.8 Å². The molecule has 21 heavy (non-hydrogen) atoms. The number of carbonyl (C=O) groups excluding carboxylic acids is 1. The van der Waals surface area contributed by atoms with Gasteiger partial charge in [-0.05, 0) is 26.3 Å². The van der Waals surface area contributed by atoms with Crippen LogP contribution >= 0.6 is 0 Å². The van der Waals surface area contributed by atoms with E-state index in [9.17, 15) is 4.79 Å². The van der Waals surface area contributed by atoms with Crippen molar-refractivity contribution >= 4 is 5.78 Å². The van der Waals surface area contributed by atoms with E-state index >= 15 is 0 Å². The number of benzene rings is 1. The molecule has 0 saturated carbocycles. The number of hydrogen-bond acceptors (Lipinski definition) is 3. The molecule has 0 aromatic heterocycles. The molecule has 114 valence electrons. The fourth-order valence-corrected chi connectivity index (χ4v) is 3.74. The molecule has 2 atom stereocenters. The predicted octanol–water partition coefficient (Wildman–Crippen LogP) is 2.82. The van der Waals surface area contributed by atoms with E-state index in [1.54, 1.807) is 0 Å². The van der Waals surface area contributed by atoms with Crippen molar-refractivity contribution in [2.24, 2.45) is 0 Å². The summed E-state index contributed by atoms with van der Waals surface area (Å²) in [7, 11) is 0. The van der Waals surface area contributed by atoms with Crippen LogP contribution in [0.1, 0.15) is 43.0 Å². The number of Topliss-reactive ketones (excluding diaryl/α,β-unsaturated/α-hetero) is 1. The van der Waals surface area contributed by atoms with Crippen LogP contribution in [0.4, 0.5) is 0 Å². The van der Waals surface area contributed by atoms with Gasteiger partial charge in [0.25, 0.3) is 0 Å². The minimum atomic E-state index is 0.272. The third-order valence-corrected chi connectivity index (χ3v) is 5.04. The first kappa shape index (κ1) is 14.7. The summed E-state index contributed by atoms with van der Waals surface area (Å²) in [4.78, 5) is 17.4. The number of hydrogen-bond donors (Lipinski definition) is 0. The molecule has 0 amide bonds. The van der Waals surface area contributed by atoms with E-state index < -0.39 is 0 Å². The first-order valence-electron chi connectivity index (χ1n) is 8.30. The second-order valence-corrected chi connectivity index (χ2v) is 6.53. The number of rotatable bonds is 4. The highest BCUT2D eigenvalue weighted by atomic mass is 16.1. The summed E-state index contributed by atoms with van der Waals surface area (Å²) in [5.41, 5.74) is 0.849. The summed E-state index contributed by atoms with van der Waals surface area (Å²) >= 11 is 0. The fourth-order valence-electron chi connectivity index (χ4n) is 3.74. The lowest BCUT2D eigenvalue weighted by atomic mass is 9.96. The topological polar surface area (TPSA) is 23.6 Å². The Morgan fingerprint density at radius 3 is 2.81 bits per heavy atom. The second-order valence-electron chi connectivity index (χ2n) is 6.53. The van der Waals surface area contributed by atoms with Crippen molar-refractivity contribution < 1.29 is 4.79 Å². The number of nitrogens with zero attached hydrogens (tertiary/aromatic N) is 2. The van der Waals surface area contributed by atoms with Gasteiger partial charge in [-0.15, -0.1) is 0 Å². The fraction of sp³-hybridized carbons (Fsp3) is 0.611. The average molecular weight is 286 g/mol. The van der Waals surface area contributed by atoms with E-state index in [4.69, 9.17) is 0 Å². The molecule has 3 rings (SSSR count). The van der Waals surface area contributed by atoms with Crippen LogP contribution < -0.4 is 0 Å². The molecule has 0 aliphatic carbocycles. The zero-order valence-electron chi connectivity index (χ0n) is 13.0. The largest absolute Gasteiger partial charge is 0.298 e. The van der Waals surface area contributed by atoms with E-state index in [-0.39, 0.29) is 5.78 Å². The zero-order valence-corrected chi connectivity index (χ0v) is 13.0. The summed E-state index contributed by atoms with van der Waals surface area (Å²) in [6, 6.07) is 11.0. The quantitative estimate of drug-likeness (QED) is 0.795. The van der Waals surface area contributed by atoms with Crippen molar-refractivity contribution in [3.63, 3.8) is 0 Å². The van der Waals surface area contributed by atoms with Crippen molar-refractivity contribution in [3.05, 3.63) is 35.9 Å². The van der Waals surface area contributed by atoms with Gasteiger partial charge >= 0.3 is 0 Å². The Hall–Kier alpha value is -1.19. The Morgan fingerprint density at radius 2 is 2.00 bits per heavy atom. The summed E-state index contributed by atoms with van der Waals surface area (Å²) in [6.07, 6.45) is 4.69. The number of ketones is 1. The molecule has 2 fully saturated rings. The maximum Gasteiger partial charge on any atom is 0.164 e. The van der Waals surface area contributed by atoms with Crippen LogP contribution in [-0.2, 0) is 0 Å². The van der Waals surface area contributed by atoms with Crippen LogP contribution in [0.5, 0.6) is 0 Å². The Labute approximate surface area is 127 Å². The smallest absolute Gasteiger partial charge is 0.164 e. The Balaban J connectivity index is 1.54. The minimum Gasteiger partial charge on any atom is -0.298 e. The van der Waals surface area contributed by atoms with Gasteiger partial charge in [0.15, 0.2) is 5.78 Å². The maximum absolute atomic E-state index is 12.2. The van der Waals surface area contributed by atoms with E-state index in [2.05, 4.69) is 16.7 Å². The van der Waals surface area contributed by atoms with Gasteiger partial charge in [-0.3, -0.25) is 14.6 Å². The molecule has 2 saturated heterocycles. The molecule has 3 nitrogen and oxygen atoms in total. The summed E-state index contributed by atoms with van der Waals surface area (Å²) in [6.45, 7) is 6.79. The lowest BCUT2D eigenvalue weighted by Crippen LogP contribution is -2.58. The summed E-state index contributed by atoms with van der Waals surface area (Å²) < 4.78 is 0. The van der Waals surface area contributed by atoms with Gasteiger partial charge < -0.3 is 0 Å². The third kappa shape index (κ3) is 3.53. The zero-order chi connectivity index (χ0) is 14.7. The first-order valence-corrected chi connectivity index (χ1v) is 8.30. The van der Waals surface area contributed by atoms with Crippen LogP contribution in [0.15, 0.2) is 30.3 Å². The molecule has 1 aromatic rings. The second kappa shape index (κ2) is 6.71. The van der Waals surface area contributed by atoms with Gasteiger partial charge in [-0.25, -0.2) is 0 Å². The monoisotopic (exact) mass is 286 g/mol. The molecule has 0 bridgehead atoms. The normalized spacial score (nSPS) is 27.3. The molecule has 2 heterocycles. The van der Waals surface area contributed by atoms with Crippen molar-refractivity contribution in [2.75, 3.05) is 26.2 Å². The Bertz CT molecular complexity index is 473. The van der Waals surface area contributed by atoms with E-state index in [0.717, 1.165) is 24.7 Å². The van der Waals surface area contributed by atoms with Crippen molar-refractivity contribution in [1.29, 1.82) is 0 Å². The Morgan fingerprint density at radius 1 is 1.19 bits per heavy atom. The first-order chi connectivity index (χ1) is 10.2. The molecule has 2 unspecified atom stereocenters. The highest BCUT2D eigenvalue weighted by molar-refractivity contribution is 5.96. The molecule has 3 heteroatoms. The van der Waals surface area contributed by atoms with E-state index in [1.165, 1.54) is 32.4 Å². The van der Waals surface area contributed by atoms with Crippen LogP contribution in [-0.4, -0.2) is 53.8 Å². The van der Waals surface area contributed by atoms with Crippen molar-refractivity contribution in [1.82, 2.24) is 9.80 Å². The van der Waals surface area contributed by atoms with Crippen LogP contribution in [0.2, 0.25) is 0 Å². The summed E-state index contributed by atoms with van der Waals surface area (Å²) in [5.74, 6) is 0.272. The number of piperazine rings is 1. The van der Waals surface area contributed by atoms with Crippen molar-refractivity contribution in [3.8, 4) is 0 Å². The number of piperidine rings is 1. The highest BCUT2D eigenvalue weighted by Gasteiger charge is 2.32. The van der Waals surface area contributed by atoms with Crippen LogP contribution in [0, 0.1) is 0 Å². The molecule has 0 N–H and O–H groups in total. The van der Waals surface area contributed by atoms with E-state index in [1.807, 2.05) is 30.3 Å².